The number of aromatic nitrogens is 3. The molecule has 0 aliphatic carbocycles. The first kappa shape index (κ1) is 16.0. The summed E-state index contributed by atoms with van der Waals surface area (Å²) in [5.41, 5.74) is 7.78. The van der Waals surface area contributed by atoms with Gasteiger partial charge < -0.3 is 16.0 Å². The summed E-state index contributed by atoms with van der Waals surface area (Å²) < 4.78 is 0. The smallest absolute Gasteiger partial charge is 0.313 e. The Labute approximate surface area is 139 Å². The molecule has 1 atom stereocenters. The number of nitrogens with two attached hydrogens (primary N) is 1. The molecular weight excluding hydrogens is 308 g/mol. The van der Waals surface area contributed by atoms with E-state index in [-0.39, 0.29) is 6.04 Å². The molecule has 0 spiro atoms. The fraction of sp³-hybridized carbons (Fsp3) is 0.375. The topological polar surface area (TPSA) is 117 Å². The molecule has 1 saturated heterocycles. The highest BCUT2D eigenvalue weighted by Gasteiger charge is 2.32. The molecule has 1 fully saturated rings. The number of nitrogens with zero attached hydrogens (tertiary/aromatic N) is 3. The number of hydrogen-bond acceptors (Lipinski definition) is 5. The molecule has 3 heterocycles. The van der Waals surface area contributed by atoms with Crippen LogP contribution in [0.25, 0.3) is 0 Å². The van der Waals surface area contributed by atoms with Crippen molar-refractivity contribution in [1.29, 1.82) is 0 Å². The lowest BCUT2D eigenvalue weighted by Crippen LogP contribution is -2.44. The van der Waals surface area contributed by atoms with E-state index in [0.29, 0.717) is 18.1 Å². The predicted molar refractivity (Wildman–Crippen MR) is 88.9 cm³/mol. The highest BCUT2D eigenvalue weighted by Crippen LogP contribution is 2.30. The highest BCUT2D eigenvalue weighted by atomic mass is 16.2. The third-order valence-corrected chi connectivity index (χ3v) is 4.24. The maximum Gasteiger partial charge on any atom is 0.313 e. The number of piperidine rings is 1. The summed E-state index contributed by atoms with van der Waals surface area (Å²) in [6.07, 6.45) is 7.62. The monoisotopic (exact) mass is 328 g/mol. The molecule has 0 saturated carbocycles. The van der Waals surface area contributed by atoms with Crippen LogP contribution in [-0.4, -0.2) is 38.4 Å². The number of pyridine rings is 1. The molecule has 2 amide bonds. The second-order valence-electron chi connectivity index (χ2n) is 5.92. The van der Waals surface area contributed by atoms with Crippen LogP contribution in [0.2, 0.25) is 0 Å². The van der Waals surface area contributed by atoms with Gasteiger partial charge in [0, 0.05) is 18.3 Å². The summed E-state index contributed by atoms with van der Waals surface area (Å²) in [5.74, 6) is -0.817. The fourth-order valence-corrected chi connectivity index (χ4v) is 2.93. The number of aryl methyl sites for hydroxylation is 1. The average Bonchev–Trinajstić information content (AvgIpc) is 3.12. The van der Waals surface area contributed by atoms with E-state index in [1.807, 2.05) is 0 Å². The minimum Gasteiger partial charge on any atom is -0.383 e. The van der Waals surface area contributed by atoms with E-state index in [1.54, 1.807) is 30.3 Å². The number of likely N-dealkylation sites (tertiary alicyclic amines) is 1. The van der Waals surface area contributed by atoms with Crippen molar-refractivity contribution in [2.45, 2.75) is 32.2 Å². The number of anilines is 2. The van der Waals surface area contributed by atoms with Crippen molar-refractivity contribution in [2.75, 3.05) is 17.6 Å². The van der Waals surface area contributed by atoms with Gasteiger partial charge in [0.1, 0.15) is 5.82 Å². The predicted octanol–water partition coefficient (Wildman–Crippen LogP) is 1.39. The first-order valence-corrected chi connectivity index (χ1v) is 7.89. The van der Waals surface area contributed by atoms with Crippen LogP contribution in [-0.2, 0) is 9.59 Å². The standard InChI is InChI=1S/C16H20N6O2/c1-10-6-12(9-18-14(10)17)21-15(23)16(24)22-5-3-2-4-13(22)11-7-19-20-8-11/h6-9,13H,2-5H2,1H3,(H2,17,18)(H,19,20)(H,21,23)/t13-/m0/s1. The van der Waals surface area contributed by atoms with Crippen molar-refractivity contribution in [3.63, 3.8) is 0 Å². The zero-order chi connectivity index (χ0) is 17.1. The maximum absolute atomic E-state index is 12.6. The first-order chi connectivity index (χ1) is 11.6. The second-order valence-corrected chi connectivity index (χ2v) is 5.92. The number of carbonyl (C=O) groups is 2. The normalized spacial score (nSPS) is 17.5. The van der Waals surface area contributed by atoms with Crippen LogP contribution in [0.15, 0.2) is 24.7 Å². The molecule has 0 bridgehead atoms. The molecule has 1 aliphatic rings. The summed E-state index contributed by atoms with van der Waals surface area (Å²) in [6.45, 7) is 2.35. The van der Waals surface area contributed by atoms with Gasteiger partial charge in [-0.05, 0) is 37.8 Å². The molecule has 2 aromatic rings. The number of aromatic amines is 1. The number of nitrogen functional groups attached to an aromatic ring is 1. The SMILES string of the molecule is Cc1cc(NC(=O)C(=O)N2CCCC[C@H]2c2cn[nH]c2)cnc1N. The number of nitrogens with one attached hydrogen (secondary N) is 2. The van der Waals surface area contributed by atoms with Crippen LogP contribution in [0.5, 0.6) is 0 Å². The molecule has 3 rings (SSSR count). The van der Waals surface area contributed by atoms with Crippen molar-refractivity contribution in [2.24, 2.45) is 0 Å². The van der Waals surface area contributed by atoms with Crippen LogP contribution in [0.3, 0.4) is 0 Å². The molecule has 2 aromatic heterocycles. The summed E-state index contributed by atoms with van der Waals surface area (Å²) >= 11 is 0. The van der Waals surface area contributed by atoms with E-state index < -0.39 is 11.8 Å². The Morgan fingerprint density at radius 3 is 2.92 bits per heavy atom. The number of hydrogen-bond donors (Lipinski definition) is 3. The zero-order valence-corrected chi connectivity index (χ0v) is 13.5. The van der Waals surface area contributed by atoms with E-state index in [0.717, 1.165) is 30.4 Å². The first-order valence-electron chi connectivity index (χ1n) is 7.89. The molecule has 0 radical (unpaired) electrons. The summed E-state index contributed by atoms with van der Waals surface area (Å²) in [6, 6.07) is 1.57. The molecule has 8 heteroatoms. The Kier molecular flexibility index (Phi) is 4.45. The third kappa shape index (κ3) is 3.22. The van der Waals surface area contributed by atoms with Crippen LogP contribution in [0, 0.1) is 6.92 Å². The van der Waals surface area contributed by atoms with Gasteiger partial charge in [-0.25, -0.2) is 4.98 Å². The molecule has 4 N–H and O–H groups in total. The van der Waals surface area contributed by atoms with E-state index in [4.69, 9.17) is 5.73 Å². The summed E-state index contributed by atoms with van der Waals surface area (Å²) in [4.78, 5) is 30.5. The Morgan fingerprint density at radius 1 is 1.38 bits per heavy atom. The molecule has 1 aliphatic heterocycles. The van der Waals surface area contributed by atoms with Gasteiger partial charge in [-0.3, -0.25) is 14.7 Å². The Bertz CT molecular complexity index is 743. The van der Waals surface area contributed by atoms with Gasteiger partial charge in [-0.1, -0.05) is 0 Å². The van der Waals surface area contributed by atoms with Crippen molar-refractivity contribution in [1.82, 2.24) is 20.1 Å². The van der Waals surface area contributed by atoms with Gasteiger partial charge >= 0.3 is 11.8 Å². The Hall–Kier alpha value is -2.90. The van der Waals surface area contributed by atoms with Gasteiger partial charge in [-0.2, -0.15) is 5.10 Å². The third-order valence-electron chi connectivity index (χ3n) is 4.24. The largest absolute Gasteiger partial charge is 0.383 e. The highest BCUT2D eigenvalue weighted by molar-refractivity contribution is 6.39. The van der Waals surface area contributed by atoms with Crippen LogP contribution in [0.1, 0.15) is 36.4 Å². The van der Waals surface area contributed by atoms with Gasteiger partial charge in [0.05, 0.1) is 24.1 Å². The maximum atomic E-state index is 12.6. The molecule has 0 aromatic carbocycles. The van der Waals surface area contributed by atoms with Crippen LogP contribution >= 0.6 is 0 Å². The van der Waals surface area contributed by atoms with E-state index in [2.05, 4.69) is 20.5 Å². The lowest BCUT2D eigenvalue weighted by molar-refractivity contribution is -0.145. The number of rotatable bonds is 2. The van der Waals surface area contributed by atoms with Gasteiger partial charge in [0.15, 0.2) is 0 Å². The van der Waals surface area contributed by atoms with Gasteiger partial charge in [0.2, 0.25) is 0 Å². The van der Waals surface area contributed by atoms with Crippen molar-refractivity contribution in [3.05, 3.63) is 35.8 Å². The van der Waals surface area contributed by atoms with E-state index >= 15 is 0 Å². The lowest BCUT2D eigenvalue weighted by atomic mass is 9.97. The Balaban J connectivity index is 1.73. The molecular formula is C16H20N6O2. The quantitative estimate of drug-likeness (QED) is 0.720. The molecule has 8 nitrogen and oxygen atoms in total. The van der Waals surface area contributed by atoms with Gasteiger partial charge in [-0.15, -0.1) is 0 Å². The number of carbonyl (C=O) groups excluding carboxylic acids is 2. The van der Waals surface area contributed by atoms with Crippen molar-refractivity contribution < 1.29 is 9.59 Å². The fourth-order valence-electron chi connectivity index (χ4n) is 2.93. The van der Waals surface area contributed by atoms with Crippen molar-refractivity contribution in [3.8, 4) is 0 Å². The second kappa shape index (κ2) is 6.69. The molecule has 0 unspecified atom stereocenters. The van der Waals surface area contributed by atoms with Crippen LogP contribution < -0.4 is 11.1 Å². The molecule has 126 valence electrons. The van der Waals surface area contributed by atoms with Gasteiger partial charge in [0.25, 0.3) is 0 Å². The minimum atomic E-state index is -0.670. The zero-order valence-electron chi connectivity index (χ0n) is 13.5. The summed E-state index contributed by atoms with van der Waals surface area (Å²) in [7, 11) is 0. The number of H-pyrrole nitrogens is 1. The molecule has 24 heavy (non-hydrogen) atoms. The Morgan fingerprint density at radius 2 is 2.21 bits per heavy atom. The van der Waals surface area contributed by atoms with E-state index in [1.165, 1.54) is 6.20 Å². The van der Waals surface area contributed by atoms with Crippen LogP contribution in [0.4, 0.5) is 11.5 Å². The number of amides is 2. The lowest BCUT2D eigenvalue weighted by Gasteiger charge is -2.34. The summed E-state index contributed by atoms with van der Waals surface area (Å²) in [5, 5.41) is 9.30. The van der Waals surface area contributed by atoms with E-state index in [9.17, 15) is 9.59 Å². The van der Waals surface area contributed by atoms with Crippen molar-refractivity contribution >= 4 is 23.3 Å². The minimum absolute atomic E-state index is 0.123. The average molecular weight is 328 g/mol.